The van der Waals surface area contributed by atoms with Crippen LogP contribution in [0.3, 0.4) is 0 Å². The van der Waals surface area contributed by atoms with Crippen LogP contribution in [0.2, 0.25) is 0 Å². The number of rotatable bonds is 7. The van der Waals surface area contributed by atoms with Gasteiger partial charge in [0.05, 0.1) is 37.1 Å². The van der Waals surface area contributed by atoms with Gasteiger partial charge in [-0.05, 0) is 37.1 Å². The summed E-state index contributed by atoms with van der Waals surface area (Å²) < 4.78 is 16.1. The SMILES string of the molecule is COc1cccc(C(=O)Nc2ccccc2C(=O)NC[C@H]2CCCO2)c1OC. The fourth-order valence-electron chi connectivity index (χ4n) is 3.15. The molecule has 2 amide bonds. The zero-order valence-corrected chi connectivity index (χ0v) is 16.0. The number of carbonyl (C=O) groups excluding carboxylic acids is 2. The van der Waals surface area contributed by atoms with E-state index < -0.39 is 5.91 Å². The Morgan fingerprint density at radius 1 is 1.04 bits per heavy atom. The molecular weight excluding hydrogens is 360 g/mol. The van der Waals surface area contributed by atoms with Crippen molar-refractivity contribution in [2.75, 3.05) is 32.7 Å². The van der Waals surface area contributed by atoms with E-state index in [0.717, 1.165) is 19.4 Å². The zero-order valence-electron chi connectivity index (χ0n) is 16.0. The summed E-state index contributed by atoms with van der Waals surface area (Å²) in [7, 11) is 2.98. The first kappa shape index (κ1) is 19.7. The van der Waals surface area contributed by atoms with Crippen LogP contribution in [0.5, 0.6) is 11.5 Å². The summed E-state index contributed by atoms with van der Waals surface area (Å²) in [6.45, 7) is 1.18. The van der Waals surface area contributed by atoms with Crippen molar-refractivity contribution in [2.45, 2.75) is 18.9 Å². The van der Waals surface area contributed by atoms with E-state index in [1.54, 1.807) is 42.5 Å². The van der Waals surface area contributed by atoms with Crippen molar-refractivity contribution in [1.29, 1.82) is 0 Å². The fourth-order valence-corrected chi connectivity index (χ4v) is 3.15. The molecule has 0 radical (unpaired) electrons. The summed E-state index contributed by atoms with van der Waals surface area (Å²) >= 11 is 0. The van der Waals surface area contributed by atoms with Crippen LogP contribution in [-0.2, 0) is 4.74 Å². The van der Waals surface area contributed by atoms with Crippen LogP contribution in [0.15, 0.2) is 42.5 Å². The Morgan fingerprint density at radius 2 is 1.82 bits per heavy atom. The molecule has 2 N–H and O–H groups in total. The average molecular weight is 384 g/mol. The van der Waals surface area contributed by atoms with Crippen molar-refractivity contribution in [3.8, 4) is 11.5 Å². The molecule has 0 bridgehead atoms. The van der Waals surface area contributed by atoms with Crippen LogP contribution in [0.25, 0.3) is 0 Å². The highest BCUT2D eigenvalue weighted by molar-refractivity contribution is 6.10. The summed E-state index contributed by atoms with van der Waals surface area (Å²) in [5, 5.41) is 5.67. The number of methoxy groups -OCH3 is 2. The molecule has 1 heterocycles. The number of benzene rings is 2. The van der Waals surface area contributed by atoms with Gasteiger partial charge in [-0.1, -0.05) is 18.2 Å². The Morgan fingerprint density at radius 3 is 2.54 bits per heavy atom. The number of nitrogens with one attached hydrogen (secondary N) is 2. The van der Waals surface area contributed by atoms with Crippen LogP contribution < -0.4 is 20.1 Å². The van der Waals surface area contributed by atoms with Crippen molar-refractivity contribution >= 4 is 17.5 Å². The van der Waals surface area contributed by atoms with E-state index in [-0.39, 0.29) is 12.0 Å². The number of ether oxygens (including phenoxy) is 3. The molecule has 7 nitrogen and oxygen atoms in total. The smallest absolute Gasteiger partial charge is 0.259 e. The first-order chi connectivity index (χ1) is 13.6. The maximum Gasteiger partial charge on any atom is 0.259 e. The Balaban J connectivity index is 1.76. The first-order valence-electron chi connectivity index (χ1n) is 9.15. The maximum absolute atomic E-state index is 12.8. The number of carbonyl (C=O) groups is 2. The number of anilines is 1. The molecule has 2 aromatic rings. The zero-order chi connectivity index (χ0) is 19.9. The molecule has 3 rings (SSSR count). The van der Waals surface area contributed by atoms with Gasteiger partial charge in [0.15, 0.2) is 11.5 Å². The summed E-state index contributed by atoms with van der Waals surface area (Å²) in [6.07, 6.45) is 2.00. The third-order valence-corrected chi connectivity index (χ3v) is 4.58. The van der Waals surface area contributed by atoms with E-state index in [2.05, 4.69) is 10.6 Å². The van der Waals surface area contributed by atoms with Crippen molar-refractivity contribution < 1.29 is 23.8 Å². The monoisotopic (exact) mass is 384 g/mol. The van der Waals surface area contributed by atoms with Gasteiger partial charge < -0.3 is 24.8 Å². The van der Waals surface area contributed by atoms with Crippen molar-refractivity contribution in [2.24, 2.45) is 0 Å². The molecule has 1 saturated heterocycles. The lowest BCUT2D eigenvalue weighted by atomic mass is 10.1. The average Bonchev–Trinajstić information content (AvgIpc) is 3.25. The van der Waals surface area contributed by atoms with Gasteiger partial charge in [0.2, 0.25) is 0 Å². The topological polar surface area (TPSA) is 85.9 Å². The van der Waals surface area contributed by atoms with Gasteiger partial charge in [-0.25, -0.2) is 0 Å². The highest BCUT2D eigenvalue weighted by Gasteiger charge is 2.20. The van der Waals surface area contributed by atoms with Gasteiger partial charge in [-0.15, -0.1) is 0 Å². The Labute approximate surface area is 164 Å². The summed E-state index contributed by atoms with van der Waals surface area (Å²) in [4.78, 5) is 25.4. The molecule has 1 atom stereocenters. The standard InChI is InChI=1S/C21H24N2O5/c1-26-18-11-5-9-16(19(18)27-2)21(25)23-17-10-4-3-8-15(17)20(24)22-13-14-7-6-12-28-14/h3-5,8-11,14H,6-7,12-13H2,1-2H3,(H,22,24)(H,23,25)/t14-/m1/s1. The minimum Gasteiger partial charge on any atom is -0.493 e. The lowest BCUT2D eigenvalue weighted by Gasteiger charge is -2.15. The second kappa shape index (κ2) is 9.23. The fraction of sp³-hybridized carbons (Fsp3) is 0.333. The first-order valence-corrected chi connectivity index (χ1v) is 9.15. The minimum absolute atomic E-state index is 0.0479. The molecular formula is C21H24N2O5. The summed E-state index contributed by atoms with van der Waals surface area (Å²) in [5.74, 6) is 0.139. The van der Waals surface area contributed by atoms with Crippen LogP contribution in [-0.4, -0.2) is 45.3 Å². The highest BCUT2D eigenvalue weighted by atomic mass is 16.5. The predicted molar refractivity (Wildman–Crippen MR) is 105 cm³/mol. The maximum atomic E-state index is 12.8. The highest BCUT2D eigenvalue weighted by Crippen LogP contribution is 2.31. The molecule has 0 aromatic heterocycles. The van der Waals surface area contributed by atoms with Crippen LogP contribution in [0.1, 0.15) is 33.6 Å². The lowest BCUT2D eigenvalue weighted by Crippen LogP contribution is -2.32. The van der Waals surface area contributed by atoms with E-state index in [0.29, 0.717) is 34.9 Å². The van der Waals surface area contributed by atoms with Gasteiger partial charge in [0.25, 0.3) is 11.8 Å². The molecule has 2 aromatic carbocycles. The second-order valence-corrected chi connectivity index (χ2v) is 6.39. The molecule has 28 heavy (non-hydrogen) atoms. The molecule has 148 valence electrons. The van der Waals surface area contributed by atoms with Gasteiger partial charge in [-0.2, -0.15) is 0 Å². The van der Waals surface area contributed by atoms with Gasteiger partial charge in [0, 0.05) is 13.2 Å². The van der Waals surface area contributed by atoms with Crippen LogP contribution in [0.4, 0.5) is 5.69 Å². The number of para-hydroxylation sites is 2. The molecule has 1 aliphatic heterocycles. The number of amides is 2. The van der Waals surface area contributed by atoms with Crippen molar-refractivity contribution in [1.82, 2.24) is 5.32 Å². The summed E-state index contributed by atoms with van der Waals surface area (Å²) in [6, 6.07) is 11.9. The largest absolute Gasteiger partial charge is 0.493 e. The Kier molecular flexibility index (Phi) is 6.49. The molecule has 0 spiro atoms. The number of hydrogen-bond acceptors (Lipinski definition) is 5. The Hall–Kier alpha value is -3.06. The van der Waals surface area contributed by atoms with E-state index in [1.165, 1.54) is 14.2 Å². The Bertz CT molecular complexity index is 846. The van der Waals surface area contributed by atoms with E-state index >= 15 is 0 Å². The molecule has 1 fully saturated rings. The summed E-state index contributed by atoms with van der Waals surface area (Å²) in [5.41, 5.74) is 1.12. The molecule has 0 aliphatic carbocycles. The molecule has 0 unspecified atom stereocenters. The van der Waals surface area contributed by atoms with E-state index in [9.17, 15) is 9.59 Å². The quantitative estimate of drug-likeness (QED) is 0.767. The number of hydrogen-bond donors (Lipinski definition) is 2. The van der Waals surface area contributed by atoms with E-state index in [1.807, 2.05) is 0 Å². The second-order valence-electron chi connectivity index (χ2n) is 6.39. The van der Waals surface area contributed by atoms with Gasteiger partial charge in [-0.3, -0.25) is 9.59 Å². The predicted octanol–water partition coefficient (Wildman–Crippen LogP) is 2.86. The normalized spacial score (nSPS) is 15.7. The van der Waals surface area contributed by atoms with E-state index in [4.69, 9.17) is 14.2 Å². The van der Waals surface area contributed by atoms with Gasteiger partial charge in [0.1, 0.15) is 0 Å². The third kappa shape index (κ3) is 4.43. The molecule has 1 aliphatic rings. The molecule has 7 heteroatoms. The van der Waals surface area contributed by atoms with Crippen molar-refractivity contribution in [3.05, 3.63) is 53.6 Å². The third-order valence-electron chi connectivity index (χ3n) is 4.58. The van der Waals surface area contributed by atoms with Crippen molar-refractivity contribution in [3.63, 3.8) is 0 Å². The molecule has 0 saturated carbocycles. The van der Waals surface area contributed by atoms with Crippen LogP contribution in [0, 0.1) is 0 Å². The van der Waals surface area contributed by atoms with Gasteiger partial charge >= 0.3 is 0 Å². The van der Waals surface area contributed by atoms with Crippen LogP contribution >= 0.6 is 0 Å². The minimum atomic E-state index is -0.393. The lowest BCUT2D eigenvalue weighted by molar-refractivity contribution is 0.0858.